The van der Waals surface area contributed by atoms with E-state index in [-0.39, 0.29) is 23.5 Å². The lowest BCUT2D eigenvalue weighted by Gasteiger charge is -2.41. The van der Waals surface area contributed by atoms with Crippen LogP contribution < -0.4 is 4.74 Å². The van der Waals surface area contributed by atoms with E-state index in [9.17, 15) is 14.3 Å². The van der Waals surface area contributed by atoms with Crippen molar-refractivity contribution in [2.45, 2.75) is 25.0 Å². The van der Waals surface area contributed by atoms with Gasteiger partial charge in [0.25, 0.3) is 0 Å². The van der Waals surface area contributed by atoms with Gasteiger partial charge in [-0.05, 0) is 29.3 Å². The van der Waals surface area contributed by atoms with E-state index in [1.165, 1.54) is 12.1 Å². The van der Waals surface area contributed by atoms with Gasteiger partial charge in [-0.1, -0.05) is 54.6 Å². The zero-order valence-corrected chi connectivity index (χ0v) is 18.4. The minimum atomic E-state index is -1.02. The number of ether oxygens (including phenoxy) is 1. The van der Waals surface area contributed by atoms with Gasteiger partial charge in [-0.25, -0.2) is 14.2 Å². The molecule has 0 spiro atoms. The fourth-order valence-electron chi connectivity index (χ4n) is 4.72. The molecule has 0 aliphatic carbocycles. The topological polar surface area (TPSA) is 78.5 Å². The Morgan fingerprint density at radius 3 is 2.56 bits per heavy atom. The molecular weight excluding hydrogens is 433 g/mol. The summed E-state index contributed by atoms with van der Waals surface area (Å²) in [4.78, 5) is 21.6. The summed E-state index contributed by atoms with van der Waals surface area (Å²) in [5, 5.41) is 9.72. The second-order valence-corrected chi connectivity index (χ2v) is 8.30. The quantitative estimate of drug-likeness (QED) is 0.391. The summed E-state index contributed by atoms with van der Waals surface area (Å²) in [5.41, 5.74) is 3.89. The van der Waals surface area contributed by atoms with Gasteiger partial charge in [0.15, 0.2) is 0 Å². The van der Waals surface area contributed by atoms with Gasteiger partial charge in [-0.15, -0.1) is 0 Å². The molecule has 172 valence electrons. The summed E-state index contributed by atoms with van der Waals surface area (Å²) in [7, 11) is 0. The number of para-hydroxylation sites is 1. The minimum Gasteiger partial charge on any atom is -0.492 e. The van der Waals surface area contributed by atoms with Crippen molar-refractivity contribution in [2.24, 2.45) is 0 Å². The number of aromatic nitrogens is 2. The Labute approximate surface area is 196 Å². The first kappa shape index (κ1) is 21.9. The van der Waals surface area contributed by atoms with E-state index in [1.807, 2.05) is 24.3 Å². The smallest absolute Gasteiger partial charge is 0.339 e. The highest BCUT2D eigenvalue weighted by Crippen LogP contribution is 2.44. The van der Waals surface area contributed by atoms with Crippen molar-refractivity contribution >= 4 is 5.97 Å². The van der Waals surface area contributed by atoms with Crippen LogP contribution in [0.5, 0.6) is 5.75 Å². The SMILES string of the molecule is O=C(O)c1cccc2c1OCCC2N(Cc1cnc[nH]1)C(c1ccccc1)c1ccc(F)cc1. The van der Waals surface area contributed by atoms with Gasteiger partial charge in [0.2, 0.25) is 0 Å². The first-order valence-corrected chi connectivity index (χ1v) is 11.1. The molecule has 5 rings (SSSR count). The molecule has 6 nitrogen and oxygen atoms in total. The number of nitrogens with one attached hydrogen (secondary N) is 1. The molecule has 0 saturated carbocycles. The van der Waals surface area contributed by atoms with Crippen molar-refractivity contribution in [1.29, 1.82) is 0 Å². The van der Waals surface area contributed by atoms with E-state index in [4.69, 9.17) is 4.74 Å². The molecule has 0 saturated heterocycles. The van der Waals surface area contributed by atoms with Gasteiger partial charge in [0, 0.05) is 36.5 Å². The number of rotatable bonds is 7. The van der Waals surface area contributed by atoms with E-state index in [0.717, 1.165) is 22.4 Å². The highest BCUT2D eigenvalue weighted by atomic mass is 19.1. The molecule has 7 heteroatoms. The average Bonchev–Trinajstić information content (AvgIpc) is 3.38. The number of nitrogens with zero attached hydrogens (tertiary/aromatic N) is 2. The lowest BCUT2D eigenvalue weighted by atomic mass is 9.90. The Morgan fingerprint density at radius 1 is 1.09 bits per heavy atom. The first-order chi connectivity index (χ1) is 16.6. The number of hydrogen-bond acceptors (Lipinski definition) is 4. The van der Waals surface area contributed by atoms with Crippen LogP contribution in [0.1, 0.15) is 51.2 Å². The molecule has 34 heavy (non-hydrogen) atoms. The number of fused-ring (bicyclic) bond motifs is 1. The Morgan fingerprint density at radius 2 is 1.85 bits per heavy atom. The lowest BCUT2D eigenvalue weighted by Crippen LogP contribution is -2.36. The fourth-order valence-corrected chi connectivity index (χ4v) is 4.72. The van der Waals surface area contributed by atoms with E-state index < -0.39 is 5.97 Å². The monoisotopic (exact) mass is 457 g/mol. The first-order valence-electron chi connectivity index (χ1n) is 11.1. The Hall–Kier alpha value is -3.97. The molecule has 0 amide bonds. The fraction of sp³-hybridized carbons (Fsp3) is 0.185. The molecule has 1 aliphatic rings. The number of benzene rings is 3. The largest absolute Gasteiger partial charge is 0.492 e. The molecule has 2 atom stereocenters. The van der Waals surface area contributed by atoms with Gasteiger partial charge >= 0.3 is 5.97 Å². The average molecular weight is 458 g/mol. The zero-order chi connectivity index (χ0) is 23.5. The van der Waals surface area contributed by atoms with E-state index in [0.29, 0.717) is 25.3 Å². The normalized spacial score (nSPS) is 16.0. The van der Waals surface area contributed by atoms with Gasteiger partial charge in [0.05, 0.1) is 19.0 Å². The molecular formula is C27H24FN3O3. The van der Waals surface area contributed by atoms with Crippen LogP contribution in [0.2, 0.25) is 0 Å². The third-order valence-electron chi connectivity index (χ3n) is 6.21. The molecule has 3 aromatic carbocycles. The van der Waals surface area contributed by atoms with E-state index >= 15 is 0 Å². The van der Waals surface area contributed by atoms with E-state index in [2.05, 4.69) is 27.0 Å². The van der Waals surface area contributed by atoms with Crippen LogP contribution in [0.4, 0.5) is 4.39 Å². The lowest BCUT2D eigenvalue weighted by molar-refractivity contribution is 0.0682. The molecule has 0 bridgehead atoms. The van der Waals surface area contributed by atoms with E-state index in [1.54, 1.807) is 36.8 Å². The third-order valence-corrected chi connectivity index (χ3v) is 6.21. The number of halogens is 1. The highest BCUT2D eigenvalue weighted by Gasteiger charge is 2.35. The number of imidazole rings is 1. The molecule has 2 unspecified atom stereocenters. The Bertz CT molecular complexity index is 1260. The number of carbonyl (C=O) groups is 1. The minimum absolute atomic E-state index is 0.137. The van der Waals surface area contributed by atoms with Gasteiger partial charge in [0.1, 0.15) is 17.1 Å². The van der Waals surface area contributed by atoms with Crippen LogP contribution in [0.15, 0.2) is 85.3 Å². The van der Waals surface area contributed by atoms with Crippen LogP contribution >= 0.6 is 0 Å². The third kappa shape index (κ3) is 4.30. The number of hydrogen-bond donors (Lipinski definition) is 2. The number of carboxylic acids is 1. The molecule has 0 radical (unpaired) electrons. The van der Waals surface area contributed by atoms with Crippen LogP contribution in [0, 0.1) is 5.82 Å². The van der Waals surface area contributed by atoms with Crippen LogP contribution in [-0.4, -0.2) is 32.6 Å². The van der Waals surface area contributed by atoms with Crippen LogP contribution in [-0.2, 0) is 6.54 Å². The van der Waals surface area contributed by atoms with Gasteiger partial charge in [-0.2, -0.15) is 0 Å². The van der Waals surface area contributed by atoms with Crippen molar-refractivity contribution in [3.05, 3.63) is 119 Å². The molecule has 4 aromatic rings. The standard InChI is InChI=1S/C27H24FN3O3/c28-20-11-9-19(10-12-20)25(18-5-2-1-3-6-18)31(16-21-15-29-17-30-21)24-13-14-34-26-22(24)7-4-8-23(26)27(32)33/h1-12,15,17,24-25H,13-14,16H2,(H,29,30)(H,32,33). The number of aromatic amines is 1. The highest BCUT2D eigenvalue weighted by molar-refractivity contribution is 5.91. The summed E-state index contributed by atoms with van der Waals surface area (Å²) in [6.45, 7) is 0.921. The Kier molecular flexibility index (Phi) is 6.10. The van der Waals surface area contributed by atoms with Crippen molar-refractivity contribution in [3.8, 4) is 5.75 Å². The summed E-state index contributed by atoms with van der Waals surface area (Å²) < 4.78 is 19.7. The van der Waals surface area contributed by atoms with Crippen LogP contribution in [0.3, 0.4) is 0 Å². The number of H-pyrrole nitrogens is 1. The molecule has 1 aromatic heterocycles. The summed E-state index contributed by atoms with van der Waals surface area (Å²) >= 11 is 0. The molecule has 0 fully saturated rings. The molecule has 2 heterocycles. The second-order valence-electron chi connectivity index (χ2n) is 8.30. The molecule has 2 N–H and O–H groups in total. The zero-order valence-electron chi connectivity index (χ0n) is 18.4. The maximum atomic E-state index is 13.8. The van der Waals surface area contributed by atoms with Crippen molar-refractivity contribution in [1.82, 2.24) is 14.9 Å². The second kappa shape index (κ2) is 9.49. The van der Waals surface area contributed by atoms with Crippen molar-refractivity contribution < 1.29 is 19.0 Å². The maximum Gasteiger partial charge on any atom is 0.339 e. The predicted molar refractivity (Wildman–Crippen MR) is 125 cm³/mol. The van der Waals surface area contributed by atoms with Gasteiger partial charge in [-0.3, -0.25) is 4.90 Å². The van der Waals surface area contributed by atoms with Crippen molar-refractivity contribution in [3.63, 3.8) is 0 Å². The summed E-state index contributed by atoms with van der Waals surface area (Å²) in [5.74, 6) is -0.902. The van der Waals surface area contributed by atoms with Gasteiger partial charge < -0.3 is 14.8 Å². The number of aromatic carboxylic acids is 1. The number of carboxylic acid groups (broad SMARTS) is 1. The summed E-state index contributed by atoms with van der Waals surface area (Å²) in [6, 6.07) is 21.5. The predicted octanol–water partition coefficient (Wildman–Crippen LogP) is 5.36. The Balaban J connectivity index is 1.67. The van der Waals surface area contributed by atoms with Crippen LogP contribution in [0.25, 0.3) is 0 Å². The van der Waals surface area contributed by atoms with Crippen molar-refractivity contribution in [2.75, 3.05) is 6.61 Å². The molecule has 1 aliphatic heterocycles. The summed E-state index contributed by atoms with van der Waals surface area (Å²) in [6.07, 6.45) is 4.10. The maximum absolute atomic E-state index is 13.8.